The van der Waals surface area contributed by atoms with Gasteiger partial charge in [-0.05, 0) is 54.8 Å². The summed E-state index contributed by atoms with van der Waals surface area (Å²) in [6.07, 6.45) is 2.37. The number of ether oxygens (including phenoxy) is 1. The number of hydrogen-bond donors (Lipinski definition) is 0. The van der Waals surface area contributed by atoms with Crippen LogP contribution in [0.5, 0.6) is 5.75 Å². The lowest BCUT2D eigenvalue weighted by Gasteiger charge is -2.14. The first-order chi connectivity index (χ1) is 16.8. The Morgan fingerprint density at radius 2 is 1.89 bits per heavy atom. The van der Waals surface area contributed by atoms with Crippen LogP contribution in [0.15, 0.2) is 69.0 Å². The fraction of sp³-hybridized carbons (Fsp3) is 0.222. The van der Waals surface area contributed by atoms with Gasteiger partial charge in [-0.3, -0.25) is 4.79 Å². The fourth-order valence-electron chi connectivity index (χ4n) is 3.65. The maximum absolute atomic E-state index is 13.3. The van der Waals surface area contributed by atoms with Crippen LogP contribution in [-0.4, -0.2) is 15.9 Å². The third kappa shape index (κ3) is 5.77. The molecule has 5 nitrogen and oxygen atoms in total. The highest BCUT2D eigenvalue weighted by molar-refractivity contribution is 9.10. The van der Waals surface area contributed by atoms with E-state index in [0.29, 0.717) is 44.7 Å². The average Bonchev–Trinajstić information content (AvgIpc) is 2.82. The van der Waals surface area contributed by atoms with Crippen molar-refractivity contribution in [2.24, 2.45) is 5.10 Å². The molecule has 1 atom stereocenters. The van der Waals surface area contributed by atoms with Gasteiger partial charge in [0.25, 0.3) is 5.56 Å². The molecule has 0 N–H and O–H groups in total. The molecule has 0 saturated heterocycles. The molecule has 0 saturated carbocycles. The Kier molecular flexibility index (Phi) is 7.95. The van der Waals surface area contributed by atoms with Crippen molar-refractivity contribution in [3.8, 4) is 5.75 Å². The summed E-state index contributed by atoms with van der Waals surface area (Å²) in [5.74, 6) is 1.04. The Hall–Kier alpha value is -2.67. The molecule has 0 spiro atoms. The quantitative estimate of drug-likeness (QED) is 0.213. The van der Waals surface area contributed by atoms with Gasteiger partial charge in [0, 0.05) is 10.4 Å². The van der Waals surface area contributed by atoms with E-state index in [2.05, 4.69) is 21.0 Å². The molecule has 0 fully saturated rings. The average molecular weight is 573 g/mol. The smallest absolute Gasteiger partial charge is 0.282 e. The Bertz CT molecular complexity index is 1460. The van der Waals surface area contributed by atoms with Crippen LogP contribution in [0.3, 0.4) is 0 Å². The van der Waals surface area contributed by atoms with Gasteiger partial charge in [-0.1, -0.05) is 82.8 Å². The maximum atomic E-state index is 13.3. The molecular formula is C27H24BrCl2N3O2. The Morgan fingerprint density at radius 1 is 1.14 bits per heavy atom. The molecule has 0 amide bonds. The lowest BCUT2D eigenvalue weighted by Crippen LogP contribution is -2.23. The number of aromatic nitrogens is 2. The third-order valence-electron chi connectivity index (χ3n) is 5.70. The standard InChI is InChI=1S/C27H24BrCl2N3O2/c1-4-17(3)26-32-24-9-8-20(28)13-21(24)27(34)33(26)31-14-19-11-22(29)25(23(30)12-19)35-15-18-7-5-6-16(2)10-18/h5-14,17H,4,15H2,1-3H3/t17-/m1/s1. The van der Waals surface area contributed by atoms with Gasteiger partial charge in [-0.25, -0.2) is 4.98 Å². The van der Waals surface area contributed by atoms with Gasteiger partial charge in [-0.15, -0.1) is 0 Å². The SMILES string of the molecule is CC[C@@H](C)c1nc2ccc(Br)cc2c(=O)n1N=Cc1cc(Cl)c(OCc2cccc(C)c2)c(Cl)c1. The summed E-state index contributed by atoms with van der Waals surface area (Å²) in [5, 5.41) is 5.69. The summed E-state index contributed by atoms with van der Waals surface area (Å²) in [7, 11) is 0. The van der Waals surface area contributed by atoms with E-state index in [1.165, 1.54) is 4.68 Å². The largest absolute Gasteiger partial charge is 0.486 e. The van der Waals surface area contributed by atoms with Crippen molar-refractivity contribution < 1.29 is 4.74 Å². The monoisotopic (exact) mass is 571 g/mol. The zero-order chi connectivity index (χ0) is 25.1. The van der Waals surface area contributed by atoms with Crippen molar-refractivity contribution in [1.29, 1.82) is 0 Å². The van der Waals surface area contributed by atoms with Gasteiger partial charge >= 0.3 is 0 Å². The number of benzene rings is 3. The first kappa shape index (κ1) is 25.4. The summed E-state index contributed by atoms with van der Waals surface area (Å²) in [6.45, 7) is 6.44. The van der Waals surface area contributed by atoms with Crippen LogP contribution in [0.1, 0.15) is 48.7 Å². The second-order valence-electron chi connectivity index (χ2n) is 8.39. The van der Waals surface area contributed by atoms with E-state index < -0.39 is 0 Å². The lowest BCUT2D eigenvalue weighted by atomic mass is 10.1. The highest BCUT2D eigenvalue weighted by Gasteiger charge is 2.16. The lowest BCUT2D eigenvalue weighted by molar-refractivity contribution is 0.306. The topological polar surface area (TPSA) is 56.5 Å². The molecule has 0 aliphatic heterocycles. The molecule has 3 aromatic carbocycles. The molecule has 0 bridgehead atoms. The van der Waals surface area contributed by atoms with Crippen molar-refractivity contribution in [3.63, 3.8) is 0 Å². The van der Waals surface area contributed by atoms with Crippen molar-refractivity contribution in [1.82, 2.24) is 9.66 Å². The van der Waals surface area contributed by atoms with Crippen molar-refractivity contribution in [3.05, 3.63) is 102 Å². The molecule has 0 unspecified atom stereocenters. The second-order valence-corrected chi connectivity index (χ2v) is 10.1. The van der Waals surface area contributed by atoms with Crippen LogP contribution >= 0.6 is 39.1 Å². The Balaban J connectivity index is 1.67. The van der Waals surface area contributed by atoms with Crippen LogP contribution in [0.4, 0.5) is 0 Å². The van der Waals surface area contributed by atoms with E-state index in [0.717, 1.165) is 22.0 Å². The second kappa shape index (κ2) is 10.9. The van der Waals surface area contributed by atoms with Gasteiger partial charge in [0.15, 0.2) is 5.75 Å². The zero-order valence-electron chi connectivity index (χ0n) is 19.6. The first-order valence-electron chi connectivity index (χ1n) is 11.2. The fourth-order valence-corrected chi connectivity index (χ4v) is 4.63. The predicted molar refractivity (Wildman–Crippen MR) is 147 cm³/mol. The van der Waals surface area contributed by atoms with E-state index in [1.54, 1.807) is 24.4 Å². The van der Waals surface area contributed by atoms with Gasteiger partial charge in [0.05, 0.1) is 27.2 Å². The molecule has 8 heteroatoms. The molecule has 35 heavy (non-hydrogen) atoms. The first-order valence-corrected chi connectivity index (χ1v) is 12.8. The molecule has 0 aliphatic carbocycles. The Morgan fingerprint density at radius 3 is 2.57 bits per heavy atom. The van der Waals surface area contributed by atoms with E-state index >= 15 is 0 Å². The highest BCUT2D eigenvalue weighted by Crippen LogP contribution is 2.34. The minimum absolute atomic E-state index is 0.0393. The van der Waals surface area contributed by atoms with E-state index in [9.17, 15) is 4.79 Å². The van der Waals surface area contributed by atoms with Gasteiger partial charge < -0.3 is 4.74 Å². The van der Waals surface area contributed by atoms with Crippen molar-refractivity contribution in [2.75, 3.05) is 0 Å². The van der Waals surface area contributed by atoms with E-state index in [-0.39, 0.29) is 11.5 Å². The number of halogens is 3. The molecule has 4 aromatic rings. The van der Waals surface area contributed by atoms with Gasteiger partial charge in [0.1, 0.15) is 12.4 Å². The number of nitrogens with zero attached hydrogens (tertiary/aromatic N) is 3. The molecular weight excluding hydrogens is 549 g/mol. The summed E-state index contributed by atoms with van der Waals surface area (Å²) >= 11 is 16.4. The van der Waals surface area contributed by atoms with Crippen molar-refractivity contribution >= 4 is 56.2 Å². The molecule has 180 valence electrons. The van der Waals surface area contributed by atoms with Crippen LogP contribution in [0, 0.1) is 6.92 Å². The Labute approximate surface area is 222 Å². The van der Waals surface area contributed by atoms with Gasteiger partial charge in [-0.2, -0.15) is 9.78 Å². The zero-order valence-corrected chi connectivity index (χ0v) is 22.7. The molecule has 4 rings (SSSR count). The molecule has 0 aliphatic rings. The molecule has 1 aromatic heterocycles. The van der Waals surface area contributed by atoms with Crippen LogP contribution in [0.2, 0.25) is 10.0 Å². The maximum Gasteiger partial charge on any atom is 0.282 e. The van der Waals surface area contributed by atoms with Gasteiger partial charge in [0.2, 0.25) is 0 Å². The number of rotatable bonds is 7. The minimum Gasteiger partial charge on any atom is -0.486 e. The van der Waals surface area contributed by atoms with Crippen LogP contribution < -0.4 is 10.3 Å². The van der Waals surface area contributed by atoms with E-state index in [4.69, 9.17) is 32.9 Å². The van der Waals surface area contributed by atoms with Crippen molar-refractivity contribution in [2.45, 2.75) is 39.7 Å². The van der Waals surface area contributed by atoms with Crippen LogP contribution in [0.25, 0.3) is 10.9 Å². The van der Waals surface area contributed by atoms with E-state index in [1.807, 2.05) is 57.2 Å². The summed E-state index contributed by atoms with van der Waals surface area (Å²) < 4.78 is 8.05. The summed E-state index contributed by atoms with van der Waals surface area (Å²) in [5.41, 5.74) is 3.21. The number of aryl methyl sites for hydroxylation is 1. The summed E-state index contributed by atoms with van der Waals surface area (Å²) in [6, 6.07) is 16.9. The molecule has 0 radical (unpaired) electrons. The van der Waals surface area contributed by atoms with Crippen LogP contribution in [-0.2, 0) is 6.61 Å². The number of fused-ring (bicyclic) bond motifs is 1. The molecule has 1 heterocycles. The number of hydrogen-bond acceptors (Lipinski definition) is 4. The third-order valence-corrected chi connectivity index (χ3v) is 6.75. The minimum atomic E-state index is -0.238. The highest BCUT2D eigenvalue weighted by atomic mass is 79.9. The normalized spacial score (nSPS) is 12.4. The predicted octanol–water partition coefficient (Wildman–Crippen LogP) is 7.75. The summed E-state index contributed by atoms with van der Waals surface area (Å²) in [4.78, 5) is 18.0.